The van der Waals surface area contributed by atoms with Crippen LogP contribution in [0.1, 0.15) is 6.92 Å². The predicted octanol–water partition coefficient (Wildman–Crippen LogP) is -1.27. The molecule has 0 saturated carbocycles. The Kier molecular flexibility index (Phi) is 3.94. The largest absolute Gasteiger partial charge is 0.388 e. The van der Waals surface area contributed by atoms with Gasteiger partial charge in [-0.05, 0) is 14.0 Å². The first-order valence-electron chi connectivity index (χ1n) is 5.67. The molecule has 0 aromatic rings. The molecule has 7 heteroatoms. The number of likely N-dealkylation sites (N-methyl/N-ethyl adjacent to an activating group) is 1. The van der Waals surface area contributed by atoms with Crippen molar-refractivity contribution in [3.63, 3.8) is 0 Å². The Morgan fingerprint density at radius 2 is 2.18 bits per heavy atom. The first-order chi connectivity index (χ1) is 8.08. The van der Waals surface area contributed by atoms with Gasteiger partial charge in [-0.2, -0.15) is 0 Å². The van der Waals surface area contributed by atoms with Gasteiger partial charge in [-0.25, -0.2) is 0 Å². The van der Waals surface area contributed by atoms with E-state index in [4.69, 9.17) is 4.74 Å². The minimum atomic E-state index is -0.900. The molecule has 0 unspecified atom stereocenters. The van der Waals surface area contributed by atoms with E-state index in [-0.39, 0.29) is 17.5 Å². The van der Waals surface area contributed by atoms with Crippen molar-refractivity contribution < 1.29 is 14.9 Å². The van der Waals surface area contributed by atoms with Crippen molar-refractivity contribution in [2.45, 2.75) is 42.8 Å². The molecule has 2 saturated heterocycles. The molecule has 98 valence electrons. The fourth-order valence-electron chi connectivity index (χ4n) is 2.12. The lowest BCUT2D eigenvalue weighted by Gasteiger charge is -2.41. The van der Waals surface area contributed by atoms with Gasteiger partial charge in [0.2, 0.25) is 0 Å². The summed E-state index contributed by atoms with van der Waals surface area (Å²) >= 11 is 1.45. The van der Waals surface area contributed by atoms with Gasteiger partial charge in [0.25, 0.3) is 0 Å². The molecule has 6 atom stereocenters. The molecule has 0 aliphatic carbocycles. The van der Waals surface area contributed by atoms with Crippen LogP contribution >= 0.6 is 11.8 Å². The van der Waals surface area contributed by atoms with E-state index in [1.807, 2.05) is 6.92 Å². The van der Waals surface area contributed by atoms with Gasteiger partial charge >= 0.3 is 0 Å². The fourth-order valence-corrected chi connectivity index (χ4v) is 3.21. The highest BCUT2D eigenvalue weighted by atomic mass is 32.2. The van der Waals surface area contributed by atoms with Crippen LogP contribution < -0.4 is 10.6 Å². The van der Waals surface area contributed by atoms with Crippen molar-refractivity contribution in [2.75, 3.05) is 14.1 Å². The van der Waals surface area contributed by atoms with Crippen LogP contribution in [0.25, 0.3) is 0 Å². The number of aliphatic hydroxyl groups excluding tert-OH is 2. The molecule has 2 rings (SSSR count). The molecule has 0 spiro atoms. The molecule has 0 aromatic heterocycles. The lowest BCUT2D eigenvalue weighted by atomic mass is 9.94. The molecular formula is C10H19N3O3S. The van der Waals surface area contributed by atoms with E-state index in [1.54, 1.807) is 14.1 Å². The SMILES string of the molecule is CN=C1N[C@@H]2[C@@H](O)[C@H](O)[C@H]([C@@H](C)NC)O[C@@H]2S1. The Morgan fingerprint density at radius 1 is 1.47 bits per heavy atom. The zero-order valence-corrected chi connectivity index (χ0v) is 10.9. The smallest absolute Gasteiger partial charge is 0.159 e. The molecule has 6 nitrogen and oxygen atoms in total. The van der Waals surface area contributed by atoms with Gasteiger partial charge in [0, 0.05) is 13.1 Å². The summed E-state index contributed by atoms with van der Waals surface area (Å²) in [6.07, 6.45) is -2.16. The molecule has 17 heavy (non-hydrogen) atoms. The van der Waals surface area contributed by atoms with E-state index in [0.717, 1.165) is 5.17 Å². The topological polar surface area (TPSA) is 86.1 Å². The summed E-state index contributed by atoms with van der Waals surface area (Å²) in [6.45, 7) is 1.92. The number of hydrogen-bond acceptors (Lipinski definition) is 6. The molecule has 0 bridgehead atoms. The number of aliphatic hydroxyl groups is 2. The molecule has 0 amide bonds. The maximum Gasteiger partial charge on any atom is 0.159 e. The number of nitrogens with zero attached hydrogens (tertiary/aromatic N) is 1. The molecule has 4 N–H and O–H groups in total. The van der Waals surface area contributed by atoms with Crippen LogP contribution in [0.15, 0.2) is 4.99 Å². The van der Waals surface area contributed by atoms with Crippen LogP contribution in [0.5, 0.6) is 0 Å². The second-order valence-corrected chi connectivity index (χ2v) is 5.43. The zero-order chi connectivity index (χ0) is 12.6. The van der Waals surface area contributed by atoms with Crippen molar-refractivity contribution >= 4 is 16.9 Å². The molecular weight excluding hydrogens is 242 g/mol. The summed E-state index contributed by atoms with van der Waals surface area (Å²) in [5.74, 6) is 0. The van der Waals surface area contributed by atoms with Crippen LogP contribution in [-0.2, 0) is 4.74 Å². The van der Waals surface area contributed by atoms with Crippen LogP contribution in [0.3, 0.4) is 0 Å². The van der Waals surface area contributed by atoms with Crippen molar-refractivity contribution in [2.24, 2.45) is 4.99 Å². The maximum absolute atomic E-state index is 10.1. The third kappa shape index (κ3) is 2.30. The van der Waals surface area contributed by atoms with Gasteiger partial charge in [-0.15, -0.1) is 0 Å². The number of hydrogen-bond donors (Lipinski definition) is 4. The average molecular weight is 261 g/mol. The quantitative estimate of drug-likeness (QED) is 0.496. The first-order valence-corrected chi connectivity index (χ1v) is 6.55. The first kappa shape index (κ1) is 13.1. The van der Waals surface area contributed by atoms with Crippen LogP contribution in [0.4, 0.5) is 0 Å². The summed E-state index contributed by atoms with van der Waals surface area (Å²) in [5, 5.41) is 27.0. The molecule has 2 aliphatic rings. The van der Waals surface area contributed by atoms with E-state index in [0.29, 0.717) is 0 Å². The van der Waals surface area contributed by atoms with Crippen molar-refractivity contribution in [3.8, 4) is 0 Å². The van der Waals surface area contributed by atoms with E-state index in [2.05, 4.69) is 15.6 Å². The fraction of sp³-hybridized carbons (Fsp3) is 0.900. The standard InChI is InChI=1S/C10H19N3O3S/c1-4(11-2)8-7(15)6(14)5-9(16-8)17-10(12-3)13-5/h4-9,11,14-15H,1-3H3,(H,12,13)/t4-,5-,6-,7+,8+,9-/m1/s1. The summed E-state index contributed by atoms with van der Waals surface area (Å²) in [5.41, 5.74) is -0.201. The number of ether oxygens (including phenoxy) is 1. The van der Waals surface area contributed by atoms with Crippen LogP contribution in [-0.4, -0.2) is 65.3 Å². The minimum absolute atomic E-state index is 0.0242. The molecule has 0 aromatic carbocycles. The summed E-state index contributed by atoms with van der Waals surface area (Å²) < 4.78 is 5.82. The van der Waals surface area contributed by atoms with Gasteiger partial charge < -0.3 is 25.6 Å². The molecule has 2 fully saturated rings. The molecule has 0 radical (unpaired) electrons. The Balaban J connectivity index is 2.13. The average Bonchev–Trinajstić information content (AvgIpc) is 2.76. The normalized spacial score (nSPS) is 45.5. The van der Waals surface area contributed by atoms with E-state index in [1.165, 1.54) is 11.8 Å². The Morgan fingerprint density at radius 3 is 2.76 bits per heavy atom. The third-order valence-electron chi connectivity index (χ3n) is 3.31. The summed E-state index contributed by atoms with van der Waals surface area (Å²) in [7, 11) is 3.49. The third-order valence-corrected chi connectivity index (χ3v) is 4.47. The Labute approximate surface area is 105 Å². The van der Waals surface area contributed by atoms with E-state index in [9.17, 15) is 10.2 Å². The summed E-state index contributed by atoms with van der Waals surface area (Å²) in [6, 6.07) is -0.321. The van der Waals surface area contributed by atoms with Gasteiger partial charge in [-0.3, -0.25) is 4.99 Å². The summed E-state index contributed by atoms with van der Waals surface area (Å²) in [4.78, 5) is 4.04. The van der Waals surface area contributed by atoms with Crippen LogP contribution in [0, 0.1) is 0 Å². The molecule has 2 heterocycles. The lowest BCUT2D eigenvalue weighted by Crippen LogP contribution is -2.62. The van der Waals surface area contributed by atoms with E-state index < -0.39 is 18.3 Å². The number of fused-ring (bicyclic) bond motifs is 1. The number of rotatable bonds is 2. The van der Waals surface area contributed by atoms with Crippen LogP contribution in [0.2, 0.25) is 0 Å². The Bertz CT molecular complexity index is 315. The second kappa shape index (κ2) is 5.11. The van der Waals surface area contributed by atoms with Crippen molar-refractivity contribution in [1.29, 1.82) is 0 Å². The van der Waals surface area contributed by atoms with E-state index >= 15 is 0 Å². The number of amidine groups is 1. The van der Waals surface area contributed by atoms with Gasteiger partial charge in [0.15, 0.2) is 5.17 Å². The minimum Gasteiger partial charge on any atom is -0.388 e. The lowest BCUT2D eigenvalue weighted by molar-refractivity contribution is -0.163. The zero-order valence-electron chi connectivity index (χ0n) is 10.1. The highest BCUT2D eigenvalue weighted by Gasteiger charge is 2.49. The number of aliphatic imine (C=N–C) groups is 1. The van der Waals surface area contributed by atoms with Gasteiger partial charge in [0.05, 0.1) is 6.04 Å². The van der Waals surface area contributed by atoms with Crippen molar-refractivity contribution in [3.05, 3.63) is 0 Å². The number of nitrogens with one attached hydrogen (secondary N) is 2. The monoisotopic (exact) mass is 261 g/mol. The van der Waals surface area contributed by atoms with Gasteiger partial charge in [-0.1, -0.05) is 11.8 Å². The predicted molar refractivity (Wildman–Crippen MR) is 67.1 cm³/mol. The number of thioether (sulfide) groups is 1. The van der Waals surface area contributed by atoms with Crippen molar-refractivity contribution in [1.82, 2.24) is 10.6 Å². The molecule has 2 aliphatic heterocycles. The highest BCUT2D eigenvalue weighted by Crippen LogP contribution is 2.34. The maximum atomic E-state index is 10.1. The van der Waals surface area contributed by atoms with Gasteiger partial charge in [0.1, 0.15) is 23.7 Å². The Hall–Kier alpha value is -0.340. The highest BCUT2D eigenvalue weighted by molar-refractivity contribution is 8.14. The second-order valence-electron chi connectivity index (χ2n) is 4.34.